The number of fused-ring (bicyclic) bond motifs is 4. The lowest BCUT2D eigenvalue weighted by Gasteiger charge is -2.40. The summed E-state index contributed by atoms with van der Waals surface area (Å²) < 4.78 is 21.5. The van der Waals surface area contributed by atoms with Crippen molar-refractivity contribution < 1.29 is 23.5 Å². The molecule has 2 amide bonds. The number of carbonyl (C=O) groups excluding carboxylic acids is 3. The van der Waals surface area contributed by atoms with Crippen molar-refractivity contribution in [1.82, 2.24) is 24.3 Å². The highest BCUT2D eigenvalue weighted by atomic mass is 19.1. The molecule has 9 nitrogen and oxygen atoms in total. The molecule has 3 atom stereocenters. The number of para-hydroxylation sites is 2. The second-order valence-electron chi connectivity index (χ2n) is 12.4. The standard InChI is InChI=1S/C36H34FN5O4/c1-40(2)34(44)30-18-26-29(41(30)21-31-38-27-11-7-8-12-28(27)39-31)17-24-20-42(33(43)23-9-5-4-6-10-23)36(32(24)26,35(45)46-3)19-22-13-15-25(37)16-14-22/h4-16,18,24,32H,17,19-21H2,1-3H3,(H,38,39)/t24?,32?,36-/m1/s1. The zero-order chi connectivity index (χ0) is 32.2. The number of nitrogens with one attached hydrogen (secondary N) is 1. The van der Waals surface area contributed by atoms with Crippen LogP contribution < -0.4 is 0 Å². The van der Waals surface area contributed by atoms with E-state index in [0.717, 1.165) is 22.3 Å². The number of hydrogen-bond donors (Lipinski definition) is 1. The molecule has 234 valence electrons. The van der Waals surface area contributed by atoms with Crippen LogP contribution in [-0.2, 0) is 28.9 Å². The van der Waals surface area contributed by atoms with Crippen molar-refractivity contribution >= 4 is 28.8 Å². The first kappa shape index (κ1) is 29.5. The lowest BCUT2D eigenvalue weighted by atomic mass is 9.75. The Bertz CT molecular complexity index is 1930. The van der Waals surface area contributed by atoms with Crippen LogP contribution in [0.5, 0.6) is 0 Å². The number of rotatable bonds is 7. The topological polar surface area (TPSA) is 101 Å². The fraction of sp³-hybridized carbons (Fsp3) is 0.278. The van der Waals surface area contributed by atoms with Gasteiger partial charge < -0.3 is 24.1 Å². The van der Waals surface area contributed by atoms with E-state index in [9.17, 15) is 18.8 Å². The second-order valence-corrected chi connectivity index (χ2v) is 12.4. The van der Waals surface area contributed by atoms with Crippen LogP contribution in [0.3, 0.4) is 0 Å². The number of imidazole rings is 1. The van der Waals surface area contributed by atoms with Gasteiger partial charge in [-0.3, -0.25) is 9.59 Å². The summed E-state index contributed by atoms with van der Waals surface area (Å²) in [6.07, 6.45) is 0.659. The molecule has 1 aliphatic carbocycles. The van der Waals surface area contributed by atoms with Gasteiger partial charge in [-0.05, 0) is 65.9 Å². The van der Waals surface area contributed by atoms with Crippen LogP contribution >= 0.6 is 0 Å². The summed E-state index contributed by atoms with van der Waals surface area (Å²) in [7, 11) is 4.74. The van der Waals surface area contributed by atoms with Gasteiger partial charge in [-0.25, -0.2) is 14.2 Å². The molecule has 0 bridgehead atoms. The summed E-state index contributed by atoms with van der Waals surface area (Å²) in [5.74, 6) is -1.30. The first-order valence-electron chi connectivity index (χ1n) is 15.3. The average Bonchev–Trinajstić information content (AvgIpc) is 3.81. The molecule has 1 saturated heterocycles. The highest BCUT2D eigenvalue weighted by molar-refractivity contribution is 6.00. The third-order valence-electron chi connectivity index (χ3n) is 9.48. The van der Waals surface area contributed by atoms with Crippen molar-refractivity contribution in [2.24, 2.45) is 5.92 Å². The molecule has 2 aliphatic rings. The molecule has 3 heterocycles. The number of esters is 1. The maximum absolute atomic E-state index is 14.2. The lowest BCUT2D eigenvalue weighted by Crippen LogP contribution is -2.58. The molecule has 1 N–H and O–H groups in total. The van der Waals surface area contributed by atoms with Crippen molar-refractivity contribution in [1.29, 1.82) is 0 Å². The Hall–Kier alpha value is -5.25. The van der Waals surface area contributed by atoms with Crippen LogP contribution in [0, 0.1) is 11.7 Å². The number of halogens is 1. The number of carbonyl (C=O) groups is 3. The van der Waals surface area contributed by atoms with Crippen molar-refractivity contribution in [2.75, 3.05) is 27.7 Å². The number of benzene rings is 3. The summed E-state index contributed by atoms with van der Waals surface area (Å²) in [5.41, 5.74) is 3.68. The van der Waals surface area contributed by atoms with Gasteiger partial charge >= 0.3 is 5.97 Å². The van der Waals surface area contributed by atoms with Crippen LogP contribution in [0.15, 0.2) is 84.9 Å². The number of H-pyrrole nitrogens is 1. The molecule has 46 heavy (non-hydrogen) atoms. The molecular weight excluding hydrogens is 585 g/mol. The molecule has 0 radical (unpaired) electrons. The van der Waals surface area contributed by atoms with E-state index in [-0.39, 0.29) is 24.2 Å². The molecule has 0 saturated carbocycles. The van der Waals surface area contributed by atoms with Gasteiger partial charge in [0.05, 0.1) is 24.7 Å². The Kier molecular flexibility index (Phi) is 7.22. The smallest absolute Gasteiger partial charge is 0.332 e. The Morgan fingerprint density at radius 1 is 1.02 bits per heavy atom. The predicted octanol–water partition coefficient (Wildman–Crippen LogP) is 4.82. The van der Waals surface area contributed by atoms with E-state index in [2.05, 4.69) is 4.98 Å². The number of nitrogens with zero attached hydrogens (tertiary/aromatic N) is 4. The van der Waals surface area contributed by atoms with Crippen LogP contribution in [-0.4, -0.2) is 75.4 Å². The van der Waals surface area contributed by atoms with E-state index >= 15 is 0 Å². The lowest BCUT2D eigenvalue weighted by molar-refractivity contribution is -0.153. The average molecular weight is 620 g/mol. The van der Waals surface area contributed by atoms with Crippen molar-refractivity contribution in [3.8, 4) is 0 Å². The van der Waals surface area contributed by atoms with Gasteiger partial charge in [0.1, 0.15) is 17.3 Å². The van der Waals surface area contributed by atoms with Gasteiger partial charge in [-0.1, -0.05) is 42.5 Å². The first-order chi connectivity index (χ1) is 22.2. The van der Waals surface area contributed by atoms with E-state index in [1.807, 2.05) is 41.0 Å². The normalized spacial score (nSPS) is 20.0. The molecule has 7 rings (SSSR count). The Balaban J connectivity index is 1.40. The summed E-state index contributed by atoms with van der Waals surface area (Å²) in [4.78, 5) is 53.5. The minimum Gasteiger partial charge on any atom is -0.467 e. The number of aromatic nitrogens is 3. The molecular formula is C36H34FN5O4. The van der Waals surface area contributed by atoms with E-state index in [1.165, 1.54) is 24.1 Å². The van der Waals surface area contributed by atoms with E-state index in [1.54, 1.807) is 55.4 Å². The highest BCUT2D eigenvalue weighted by Crippen LogP contribution is 2.55. The molecule has 1 fully saturated rings. The number of methoxy groups -OCH3 is 1. The molecule has 5 aromatic rings. The quantitative estimate of drug-likeness (QED) is 0.264. The van der Waals surface area contributed by atoms with Crippen molar-refractivity contribution in [3.05, 3.63) is 125 Å². The number of hydrogen-bond acceptors (Lipinski definition) is 5. The maximum atomic E-state index is 14.2. The molecule has 1 aliphatic heterocycles. The molecule has 2 aromatic heterocycles. The number of ether oxygens (including phenoxy) is 1. The van der Waals surface area contributed by atoms with Crippen LogP contribution in [0.25, 0.3) is 11.0 Å². The number of amides is 2. The molecule has 0 spiro atoms. The Labute approximate surface area is 265 Å². The largest absolute Gasteiger partial charge is 0.467 e. The van der Waals surface area contributed by atoms with Crippen LogP contribution in [0.1, 0.15) is 49.4 Å². The van der Waals surface area contributed by atoms with E-state index in [0.29, 0.717) is 42.2 Å². The Morgan fingerprint density at radius 2 is 1.74 bits per heavy atom. The third kappa shape index (κ3) is 4.67. The monoisotopic (exact) mass is 619 g/mol. The third-order valence-corrected chi connectivity index (χ3v) is 9.48. The van der Waals surface area contributed by atoms with Gasteiger partial charge in [0, 0.05) is 44.2 Å². The fourth-order valence-corrected chi connectivity index (χ4v) is 7.53. The minimum atomic E-state index is -1.45. The molecule has 2 unspecified atom stereocenters. The summed E-state index contributed by atoms with van der Waals surface area (Å²) in [5, 5.41) is 0. The number of likely N-dealkylation sites (tertiary alicyclic amines) is 1. The summed E-state index contributed by atoms with van der Waals surface area (Å²) in [6, 6.07) is 24.5. The van der Waals surface area contributed by atoms with Gasteiger partial charge in [0.15, 0.2) is 5.54 Å². The minimum absolute atomic E-state index is 0.116. The van der Waals surface area contributed by atoms with Crippen LogP contribution in [0.4, 0.5) is 4.39 Å². The Morgan fingerprint density at radius 3 is 2.43 bits per heavy atom. The summed E-state index contributed by atoms with van der Waals surface area (Å²) in [6.45, 7) is 0.638. The molecule has 10 heteroatoms. The van der Waals surface area contributed by atoms with Gasteiger partial charge in [-0.15, -0.1) is 0 Å². The van der Waals surface area contributed by atoms with Crippen molar-refractivity contribution in [2.45, 2.75) is 30.8 Å². The number of aromatic amines is 1. The summed E-state index contributed by atoms with van der Waals surface area (Å²) >= 11 is 0. The second kappa shape index (κ2) is 11.3. The van der Waals surface area contributed by atoms with Crippen molar-refractivity contribution in [3.63, 3.8) is 0 Å². The van der Waals surface area contributed by atoms with Gasteiger partial charge in [-0.2, -0.15) is 0 Å². The van der Waals surface area contributed by atoms with E-state index < -0.39 is 23.2 Å². The van der Waals surface area contributed by atoms with Gasteiger partial charge in [0.25, 0.3) is 11.8 Å². The first-order valence-corrected chi connectivity index (χ1v) is 15.3. The zero-order valence-electron chi connectivity index (χ0n) is 25.9. The highest BCUT2D eigenvalue weighted by Gasteiger charge is 2.64. The van der Waals surface area contributed by atoms with Crippen LogP contribution in [0.2, 0.25) is 0 Å². The zero-order valence-corrected chi connectivity index (χ0v) is 25.9. The maximum Gasteiger partial charge on any atom is 0.332 e. The SMILES string of the molecule is COC(=O)[C@@]1(Cc2ccc(F)cc2)C2c3cc(C(=O)N(C)C)n(Cc4nc5ccccc5[nH]4)c3CC2CN1C(=O)c1ccccc1. The predicted molar refractivity (Wildman–Crippen MR) is 170 cm³/mol. The fourth-order valence-electron chi connectivity index (χ4n) is 7.53. The molecule has 3 aromatic carbocycles. The van der Waals surface area contributed by atoms with E-state index in [4.69, 9.17) is 9.72 Å². The van der Waals surface area contributed by atoms with Gasteiger partial charge in [0.2, 0.25) is 0 Å².